The second-order valence-electron chi connectivity index (χ2n) is 4.47. The molecule has 1 aliphatic rings. The Kier molecular flexibility index (Phi) is 2.98. The summed E-state index contributed by atoms with van der Waals surface area (Å²) in [6.45, 7) is 1.44. The van der Waals surface area contributed by atoms with Crippen LogP contribution in [0, 0.1) is 0 Å². The molecule has 17 heavy (non-hydrogen) atoms. The Hall–Kier alpha value is -1.32. The molecule has 0 aromatic heterocycles. The molecular weight excluding hydrogens is 229 g/mol. The fraction of sp³-hybridized carbons (Fsp3) is 0.462. The van der Waals surface area contributed by atoms with Crippen molar-refractivity contribution in [3.05, 3.63) is 34.9 Å². The number of hydrogen-bond donors (Lipinski definition) is 0. The van der Waals surface area contributed by atoms with Gasteiger partial charge in [0.2, 0.25) is 0 Å². The van der Waals surface area contributed by atoms with E-state index in [1.165, 1.54) is 13.0 Å². The Morgan fingerprint density at radius 3 is 2.65 bits per heavy atom. The second kappa shape index (κ2) is 4.17. The zero-order valence-corrected chi connectivity index (χ0v) is 9.47. The number of hydrogen-bond acceptors (Lipinski definition) is 1. The normalized spacial score (nSPS) is 19.9. The molecule has 0 spiro atoms. The Morgan fingerprint density at radius 1 is 1.35 bits per heavy atom. The third-order valence-electron chi connectivity index (χ3n) is 3.28. The maximum atomic E-state index is 12.6. The van der Waals surface area contributed by atoms with Crippen LogP contribution in [0.2, 0.25) is 0 Å². The van der Waals surface area contributed by atoms with E-state index >= 15 is 0 Å². The SMILES string of the molecule is CC(=O)C1CCCc2ccc(C(F)(F)F)cc21. The summed E-state index contributed by atoms with van der Waals surface area (Å²) in [5.41, 5.74) is 0.785. The number of fused-ring (bicyclic) bond motifs is 1. The molecule has 0 N–H and O–H groups in total. The van der Waals surface area contributed by atoms with Gasteiger partial charge in [-0.15, -0.1) is 0 Å². The van der Waals surface area contributed by atoms with Crippen LogP contribution in [0.25, 0.3) is 0 Å². The van der Waals surface area contributed by atoms with Gasteiger partial charge in [-0.25, -0.2) is 0 Å². The largest absolute Gasteiger partial charge is 0.416 e. The number of benzene rings is 1. The van der Waals surface area contributed by atoms with Crippen molar-refractivity contribution in [1.82, 2.24) is 0 Å². The minimum atomic E-state index is -4.34. The molecule has 0 saturated heterocycles. The van der Waals surface area contributed by atoms with E-state index in [-0.39, 0.29) is 11.7 Å². The van der Waals surface area contributed by atoms with E-state index in [4.69, 9.17) is 0 Å². The Labute approximate surface area is 97.6 Å². The molecule has 0 bridgehead atoms. The standard InChI is InChI=1S/C13H13F3O/c1-8(17)11-4-2-3-9-5-6-10(7-12(9)11)13(14,15)16/h5-7,11H,2-4H2,1H3. The van der Waals surface area contributed by atoms with Crippen molar-refractivity contribution < 1.29 is 18.0 Å². The number of alkyl halides is 3. The zero-order chi connectivity index (χ0) is 12.6. The lowest BCUT2D eigenvalue weighted by molar-refractivity contribution is -0.137. The van der Waals surface area contributed by atoms with Crippen molar-refractivity contribution >= 4 is 5.78 Å². The molecule has 1 atom stereocenters. The molecule has 1 aliphatic carbocycles. The predicted molar refractivity (Wildman–Crippen MR) is 57.8 cm³/mol. The second-order valence-corrected chi connectivity index (χ2v) is 4.47. The maximum absolute atomic E-state index is 12.6. The summed E-state index contributed by atoms with van der Waals surface area (Å²) in [7, 11) is 0. The fourth-order valence-electron chi connectivity index (χ4n) is 2.40. The molecule has 1 aromatic rings. The maximum Gasteiger partial charge on any atom is 0.416 e. The zero-order valence-electron chi connectivity index (χ0n) is 9.47. The first-order valence-electron chi connectivity index (χ1n) is 5.60. The molecule has 0 saturated carbocycles. The van der Waals surface area contributed by atoms with Crippen LogP contribution in [-0.4, -0.2) is 5.78 Å². The van der Waals surface area contributed by atoms with Gasteiger partial charge < -0.3 is 0 Å². The molecule has 0 heterocycles. The highest BCUT2D eigenvalue weighted by Crippen LogP contribution is 2.37. The molecule has 1 aromatic carbocycles. The van der Waals surface area contributed by atoms with E-state index in [1.54, 1.807) is 0 Å². The van der Waals surface area contributed by atoms with Gasteiger partial charge in [-0.05, 0) is 49.4 Å². The molecule has 0 fully saturated rings. The van der Waals surface area contributed by atoms with Crippen LogP contribution >= 0.6 is 0 Å². The minimum Gasteiger partial charge on any atom is -0.299 e. The average molecular weight is 242 g/mol. The average Bonchev–Trinajstić information content (AvgIpc) is 2.26. The molecule has 1 nitrogen and oxygen atoms in total. The summed E-state index contributed by atoms with van der Waals surface area (Å²) in [5, 5.41) is 0. The summed E-state index contributed by atoms with van der Waals surface area (Å²) in [5.74, 6) is -0.411. The highest BCUT2D eigenvalue weighted by Gasteiger charge is 2.33. The minimum absolute atomic E-state index is 0.0507. The van der Waals surface area contributed by atoms with Crippen LogP contribution in [0.15, 0.2) is 18.2 Å². The Balaban J connectivity index is 2.48. The first-order chi connectivity index (χ1) is 7.89. The van der Waals surface area contributed by atoms with Crippen LogP contribution in [0.1, 0.15) is 42.4 Å². The smallest absolute Gasteiger partial charge is 0.299 e. The number of carbonyl (C=O) groups is 1. The predicted octanol–water partition coefficient (Wildman–Crippen LogP) is 3.71. The molecule has 2 rings (SSSR count). The molecule has 0 aliphatic heterocycles. The molecule has 0 amide bonds. The molecular formula is C13H13F3O. The molecule has 0 radical (unpaired) electrons. The van der Waals surface area contributed by atoms with E-state index in [1.807, 2.05) is 0 Å². The van der Waals surface area contributed by atoms with Gasteiger partial charge in [0.25, 0.3) is 0 Å². The van der Waals surface area contributed by atoms with Gasteiger partial charge in [0.1, 0.15) is 5.78 Å². The number of carbonyl (C=O) groups excluding carboxylic acids is 1. The van der Waals surface area contributed by atoms with E-state index in [0.717, 1.165) is 30.5 Å². The summed E-state index contributed by atoms with van der Waals surface area (Å²) in [6.07, 6.45) is -2.06. The van der Waals surface area contributed by atoms with Crippen LogP contribution in [-0.2, 0) is 17.4 Å². The van der Waals surface area contributed by atoms with Gasteiger partial charge >= 0.3 is 6.18 Å². The monoisotopic (exact) mass is 242 g/mol. The Morgan fingerprint density at radius 2 is 2.06 bits per heavy atom. The van der Waals surface area contributed by atoms with Crippen LogP contribution < -0.4 is 0 Å². The third-order valence-corrected chi connectivity index (χ3v) is 3.28. The van der Waals surface area contributed by atoms with E-state index in [2.05, 4.69) is 0 Å². The van der Waals surface area contributed by atoms with Gasteiger partial charge in [-0.2, -0.15) is 13.2 Å². The van der Waals surface area contributed by atoms with Gasteiger partial charge in [0, 0.05) is 5.92 Å². The lowest BCUT2D eigenvalue weighted by Gasteiger charge is -2.24. The van der Waals surface area contributed by atoms with Crippen molar-refractivity contribution in [2.24, 2.45) is 0 Å². The first kappa shape index (κ1) is 12.1. The van der Waals surface area contributed by atoms with Gasteiger partial charge in [-0.3, -0.25) is 4.79 Å². The van der Waals surface area contributed by atoms with E-state index in [0.29, 0.717) is 12.0 Å². The number of aryl methyl sites for hydroxylation is 1. The summed E-state index contributed by atoms with van der Waals surface area (Å²) in [4.78, 5) is 11.4. The van der Waals surface area contributed by atoms with Crippen molar-refractivity contribution in [2.45, 2.75) is 38.3 Å². The van der Waals surface area contributed by atoms with Crippen molar-refractivity contribution in [2.75, 3.05) is 0 Å². The quantitative estimate of drug-likeness (QED) is 0.733. The number of Topliss-reactive ketones (excluding diaryl/α,β-unsaturated/α-hetero) is 1. The molecule has 4 heteroatoms. The van der Waals surface area contributed by atoms with Crippen molar-refractivity contribution in [3.8, 4) is 0 Å². The van der Waals surface area contributed by atoms with E-state index in [9.17, 15) is 18.0 Å². The van der Waals surface area contributed by atoms with Gasteiger partial charge in [0.15, 0.2) is 0 Å². The van der Waals surface area contributed by atoms with Gasteiger partial charge in [-0.1, -0.05) is 6.07 Å². The first-order valence-corrected chi connectivity index (χ1v) is 5.60. The number of ketones is 1. The fourth-order valence-corrected chi connectivity index (χ4v) is 2.40. The van der Waals surface area contributed by atoms with Gasteiger partial charge in [0.05, 0.1) is 5.56 Å². The number of halogens is 3. The summed E-state index contributed by atoms with van der Waals surface area (Å²) in [6, 6.07) is 3.75. The Bertz CT molecular complexity index is 448. The lowest BCUT2D eigenvalue weighted by atomic mass is 9.80. The highest BCUT2D eigenvalue weighted by atomic mass is 19.4. The van der Waals surface area contributed by atoms with Crippen molar-refractivity contribution in [3.63, 3.8) is 0 Å². The summed E-state index contributed by atoms with van der Waals surface area (Å²) >= 11 is 0. The van der Waals surface area contributed by atoms with Crippen molar-refractivity contribution in [1.29, 1.82) is 0 Å². The highest BCUT2D eigenvalue weighted by molar-refractivity contribution is 5.84. The third kappa shape index (κ3) is 2.35. The van der Waals surface area contributed by atoms with Crippen LogP contribution in [0.3, 0.4) is 0 Å². The van der Waals surface area contributed by atoms with E-state index < -0.39 is 11.7 Å². The van der Waals surface area contributed by atoms with Crippen LogP contribution in [0.5, 0.6) is 0 Å². The number of rotatable bonds is 1. The topological polar surface area (TPSA) is 17.1 Å². The molecule has 92 valence electrons. The van der Waals surface area contributed by atoms with Crippen LogP contribution in [0.4, 0.5) is 13.2 Å². The molecule has 1 unspecified atom stereocenters. The lowest BCUT2D eigenvalue weighted by Crippen LogP contribution is -2.17. The summed E-state index contributed by atoms with van der Waals surface area (Å²) < 4.78 is 37.8.